The van der Waals surface area contributed by atoms with Crippen LogP contribution in [-0.2, 0) is 11.3 Å². The van der Waals surface area contributed by atoms with Crippen molar-refractivity contribution in [3.05, 3.63) is 12.2 Å². The molecule has 0 bridgehead atoms. The largest absolute Gasteiger partial charge is 0.444 e. The third-order valence-corrected chi connectivity index (χ3v) is 4.47. The van der Waals surface area contributed by atoms with E-state index in [1.165, 1.54) is 11.0 Å². The molecule has 0 aliphatic carbocycles. The van der Waals surface area contributed by atoms with E-state index in [4.69, 9.17) is 10.00 Å². The van der Waals surface area contributed by atoms with Gasteiger partial charge in [0.2, 0.25) is 0 Å². The molecule has 1 fully saturated rings. The molecule has 1 saturated heterocycles. The van der Waals surface area contributed by atoms with Crippen LogP contribution in [-0.4, -0.2) is 63.1 Å². The fraction of sp³-hybridized carbons (Fsp3) is 0.722. The summed E-state index contributed by atoms with van der Waals surface area (Å²) in [5, 5.41) is 18.5. The number of ether oxygens (including phenoxy) is 1. The number of carbonyl (C=O) groups is 2. The van der Waals surface area contributed by atoms with Gasteiger partial charge in [0.15, 0.2) is 0 Å². The van der Waals surface area contributed by atoms with Crippen molar-refractivity contribution in [2.75, 3.05) is 19.6 Å². The summed E-state index contributed by atoms with van der Waals surface area (Å²) < 4.78 is 6.85. The molecule has 0 saturated carbocycles. The molecule has 1 aromatic rings. The minimum atomic E-state index is -0.546. The van der Waals surface area contributed by atoms with Crippen molar-refractivity contribution in [2.24, 2.45) is 11.8 Å². The van der Waals surface area contributed by atoms with Crippen LogP contribution in [0.1, 0.15) is 40.4 Å². The zero-order valence-electron chi connectivity index (χ0n) is 17.1. The van der Waals surface area contributed by atoms with Crippen molar-refractivity contribution in [2.45, 2.75) is 52.8 Å². The van der Waals surface area contributed by atoms with Gasteiger partial charge in [-0.2, -0.15) is 5.26 Å². The zero-order valence-corrected chi connectivity index (χ0v) is 17.1. The second-order valence-corrected chi connectivity index (χ2v) is 8.21. The van der Waals surface area contributed by atoms with Crippen LogP contribution in [0.2, 0.25) is 0 Å². The average Bonchev–Trinajstić information content (AvgIpc) is 3.04. The quantitative estimate of drug-likeness (QED) is 0.798. The van der Waals surface area contributed by atoms with Crippen LogP contribution in [0.4, 0.5) is 9.59 Å². The molecule has 0 aromatic carbocycles. The lowest BCUT2D eigenvalue weighted by Crippen LogP contribution is -2.58. The van der Waals surface area contributed by atoms with Crippen LogP contribution >= 0.6 is 0 Å². The standard InChI is InChI=1S/C18H29N7O3/c1-12-9-24(10-13(2)15(12)22-17(27)28-18(3,4)5)16(26)20-6-7-25-11-21-14(8-19)23-25/h11-13,15H,6-7,9-10H2,1-5H3,(H,20,26)(H,22,27). The number of piperidine rings is 1. The van der Waals surface area contributed by atoms with Gasteiger partial charge >= 0.3 is 12.1 Å². The molecule has 10 nitrogen and oxygen atoms in total. The van der Waals surface area contributed by atoms with E-state index < -0.39 is 11.7 Å². The average molecular weight is 391 g/mol. The highest BCUT2D eigenvalue weighted by Gasteiger charge is 2.35. The third-order valence-electron chi connectivity index (χ3n) is 4.47. The van der Waals surface area contributed by atoms with E-state index >= 15 is 0 Å². The maximum Gasteiger partial charge on any atom is 0.407 e. The first-order chi connectivity index (χ1) is 13.1. The maximum absolute atomic E-state index is 12.5. The predicted molar refractivity (Wildman–Crippen MR) is 101 cm³/mol. The molecule has 2 rings (SSSR count). The monoisotopic (exact) mass is 391 g/mol. The van der Waals surface area contributed by atoms with Crippen LogP contribution in [0.15, 0.2) is 6.33 Å². The van der Waals surface area contributed by atoms with E-state index in [-0.39, 0.29) is 29.7 Å². The second-order valence-electron chi connectivity index (χ2n) is 8.21. The molecule has 2 unspecified atom stereocenters. The molecule has 1 aliphatic rings. The van der Waals surface area contributed by atoms with Crippen molar-refractivity contribution in [1.29, 1.82) is 5.26 Å². The zero-order chi connectivity index (χ0) is 20.9. The van der Waals surface area contributed by atoms with Gasteiger partial charge in [0, 0.05) is 25.7 Å². The molecule has 2 N–H and O–H groups in total. The molecule has 1 aliphatic heterocycles. The number of nitriles is 1. The van der Waals surface area contributed by atoms with Crippen LogP contribution in [0.25, 0.3) is 0 Å². The second kappa shape index (κ2) is 8.91. The highest BCUT2D eigenvalue weighted by molar-refractivity contribution is 5.74. The third kappa shape index (κ3) is 6.11. The van der Waals surface area contributed by atoms with E-state index in [0.717, 1.165) is 0 Å². The summed E-state index contributed by atoms with van der Waals surface area (Å²) in [6, 6.07) is 1.65. The van der Waals surface area contributed by atoms with Gasteiger partial charge in [-0.05, 0) is 32.6 Å². The molecule has 1 aromatic heterocycles. The SMILES string of the molecule is CC1CN(C(=O)NCCn2cnc(C#N)n2)CC(C)C1NC(=O)OC(C)(C)C. The summed E-state index contributed by atoms with van der Waals surface area (Å²) in [5.74, 6) is 0.291. The Morgan fingerprint density at radius 1 is 1.32 bits per heavy atom. The molecule has 2 atom stereocenters. The van der Waals surface area contributed by atoms with Crippen LogP contribution < -0.4 is 10.6 Å². The molecule has 0 spiro atoms. The normalized spacial score (nSPS) is 22.3. The van der Waals surface area contributed by atoms with Gasteiger partial charge in [-0.25, -0.2) is 19.3 Å². The minimum absolute atomic E-state index is 0.0570. The number of aromatic nitrogens is 3. The van der Waals surface area contributed by atoms with Crippen molar-refractivity contribution >= 4 is 12.1 Å². The highest BCUT2D eigenvalue weighted by Crippen LogP contribution is 2.22. The van der Waals surface area contributed by atoms with E-state index in [0.29, 0.717) is 26.2 Å². The fourth-order valence-corrected chi connectivity index (χ4v) is 3.29. The molecule has 10 heteroatoms. The number of hydrogen-bond donors (Lipinski definition) is 2. The molecular formula is C18H29N7O3. The number of nitrogens with one attached hydrogen (secondary N) is 2. The van der Waals surface area contributed by atoms with Crippen molar-refractivity contribution in [3.63, 3.8) is 0 Å². The first-order valence-corrected chi connectivity index (χ1v) is 9.41. The van der Waals surface area contributed by atoms with Gasteiger partial charge in [-0.15, -0.1) is 5.10 Å². The summed E-state index contributed by atoms with van der Waals surface area (Å²) >= 11 is 0. The predicted octanol–water partition coefficient (Wildman–Crippen LogP) is 1.34. The van der Waals surface area contributed by atoms with Crippen molar-refractivity contribution in [3.8, 4) is 6.07 Å². The van der Waals surface area contributed by atoms with Crippen LogP contribution in [0.3, 0.4) is 0 Å². The van der Waals surface area contributed by atoms with Gasteiger partial charge in [0.25, 0.3) is 5.82 Å². The summed E-state index contributed by atoms with van der Waals surface area (Å²) in [4.78, 5) is 30.1. The van der Waals surface area contributed by atoms with Gasteiger partial charge < -0.3 is 20.3 Å². The number of likely N-dealkylation sites (tertiary alicyclic amines) is 1. The minimum Gasteiger partial charge on any atom is -0.444 e. The Labute approximate surface area is 165 Å². The number of carbonyl (C=O) groups excluding carboxylic acids is 2. The Bertz CT molecular complexity index is 722. The summed E-state index contributed by atoms with van der Waals surface area (Å²) in [5.41, 5.74) is -0.546. The van der Waals surface area contributed by atoms with E-state index in [1.807, 2.05) is 40.7 Å². The molecular weight excluding hydrogens is 362 g/mol. The Morgan fingerprint density at radius 2 is 1.96 bits per heavy atom. The summed E-state index contributed by atoms with van der Waals surface area (Å²) in [6.07, 6.45) is 1.03. The van der Waals surface area contributed by atoms with Crippen molar-refractivity contribution < 1.29 is 14.3 Å². The number of hydrogen-bond acceptors (Lipinski definition) is 6. The first kappa shape index (κ1) is 21.5. The van der Waals surface area contributed by atoms with E-state index in [1.54, 1.807) is 4.90 Å². The highest BCUT2D eigenvalue weighted by atomic mass is 16.6. The smallest absolute Gasteiger partial charge is 0.407 e. The molecule has 0 radical (unpaired) electrons. The lowest BCUT2D eigenvalue weighted by molar-refractivity contribution is 0.0407. The summed E-state index contributed by atoms with van der Waals surface area (Å²) in [6.45, 7) is 11.4. The van der Waals surface area contributed by atoms with Crippen LogP contribution in [0, 0.1) is 23.2 Å². The Balaban J connectivity index is 1.81. The number of amides is 3. The molecule has 154 valence electrons. The van der Waals surface area contributed by atoms with Gasteiger partial charge in [-0.1, -0.05) is 13.8 Å². The molecule has 2 heterocycles. The fourth-order valence-electron chi connectivity index (χ4n) is 3.29. The molecule has 3 amide bonds. The Kier molecular flexibility index (Phi) is 6.83. The number of rotatable bonds is 4. The number of urea groups is 1. The Hall–Kier alpha value is -2.83. The maximum atomic E-state index is 12.5. The van der Waals surface area contributed by atoms with Crippen LogP contribution in [0.5, 0.6) is 0 Å². The van der Waals surface area contributed by atoms with Gasteiger partial charge in [-0.3, -0.25) is 0 Å². The topological polar surface area (TPSA) is 125 Å². The van der Waals surface area contributed by atoms with Gasteiger partial charge in [0.1, 0.15) is 18.0 Å². The Morgan fingerprint density at radius 3 is 2.50 bits per heavy atom. The first-order valence-electron chi connectivity index (χ1n) is 9.41. The van der Waals surface area contributed by atoms with Crippen molar-refractivity contribution in [1.82, 2.24) is 30.3 Å². The lowest BCUT2D eigenvalue weighted by atomic mass is 9.86. The number of nitrogens with zero attached hydrogens (tertiary/aromatic N) is 5. The van der Waals surface area contributed by atoms with E-state index in [2.05, 4.69) is 20.7 Å². The lowest BCUT2D eigenvalue weighted by Gasteiger charge is -2.41. The summed E-state index contributed by atoms with van der Waals surface area (Å²) in [7, 11) is 0. The molecule has 28 heavy (non-hydrogen) atoms. The number of alkyl carbamates (subject to hydrolysis) is 1. The van der Waals surface area contributed by atoms with Gasteiger partial charge in [0.05, 0.1) is 6.54 Å². The van der Waals surface area contributed by atoms with E-state index in [9.17, 15) is 9.59 Å².